The number of carboxylic acids is 1. The van der Waals surface area contributed by atoms with E-state index in [1.807, 2.05) is 24.3 Å². The van der Waals surface area contributed by atoms with E-state index in [1.54, 1.807) is 6.92 Å². The Kier molecular flexibility index (Phi) is 4.08. The summed E-state index contributed by atoms with van der Waals surface area (Å²) in [6.45, 7) is 6.60. The lowest BCUT2D eigenvalue weighted by Gasteiger charge is -2.08. The van der Waals surface area contributed by atoms with Crippen LogP contribution in [-0.2, 0) is 0 Å². The lowest BCUT2D eigenvalue weighted by molar-refractivity contribution is 0.0689. The molecule has 1 aromatic carbocycles. The molecule has 0 bridgehead atoms. The monoisotopic (exact) mass is 274 g/mol. The molecule has 1 heterocycles. The number of aromatic amines is 1. The van der Waals surface area contributed by atoms with Gasteiger partial charge in [-0.25, -0.2) is 4.79 Å². The van der Waals surface area contributed by atoms with Gasteiger partial charge in [-0.2, -0.15) is 5.10 Å². The van der Waals surface area contributed by atoms with Crippen LogP contribution in [0.25, 0.3) is 11.3 Å². The number of rotatable bonds is 5. The van der Waals surface area contributed by atoms with Crippen LogP contribution in [-0.4, -0.2) is 27.9 Å². The van der Waals surface area contributed by atoms with Gasteiger partial charge in [-0.05, 0) is 37.1 Å². The van der Waals surface area contributed by atoms with Crippen molar-refractivity contribution < 1.29 is 14.6 Å². The molecular weight excluding hydrogens is 256 g/mol. The van der Waals surface area contributed by atoms with Crippen LogP contribution in [0.15, 0.2) is 24.3 Å². The van der Waals surface area contributed by atoms with Crippen molar-refractivity contribution in [2.75, 3.05) is 6.61 Å². The Morgan fingerprint density at radius 1 is 1.35 bits per heavy atom. The number of ether oxygens (including phenoxy) is 1. The Hall–Kier alpha value is -2.30. The lowest BCUT2D eigenvalue weighted by atomic mass is 10.1. The highest BCUT2D eigenvalue weighted by molar-refractivity contribution is 5.89. The first-order valence-corrected chi connectivity index (χ1v) is 6.50. The van der Waals surface area contributed by atoms with Gasteiger partial charge in [0.2, 0.25) is 0 Å². The fourth-order valence-corrected chi connectivity index (χ4v) is 1.86. The molecule has 0 atom stereocenters. The number of carboxylic acid groups (broad SMARTS) is 1. The Labute approximate surface area is 117 Å². The van der Waals surface area contributed by atoms with Gasteiger partial charge in [0.15, 0.2) is 0 Å². The molecular formula is C15H18N2O3. The zero-order valence-corrected chi connectivity index (χ0v) is 11.8. The van der Waals surface area contributed by atoms with Crippen molar-refractivity contribution in [3.8, 4) is 17.0 Å². The molecule has 0 saturated carbocycles. The minimum Gasteiger partial charge on any atom is -0.493 e. The van der Waals surface area contributed by atoms with Gasteiger partial charge in [0.1, 0.15) is 11.4 Å². The molecule has 20 heavy (non-hydrogen) atoms. The SMILES string of the molecule is Cc1c(-c2ccc(OCC(C)C)cc2)n[nH]c1C(=O)O. The molecule has 5 nitrogen and oxygen atoms in total. The average molecular weight is 274 g/mol. The average Bonchev–Trinajstić information content (AvgIpc) is 2.79. The molecule has 1 aromatic heterocycles. The van der Waals surface area contributed by atoms with Gasteiger partial charge in [-0.3, -0.25) is 5.10 Å². The smallest absolute Gasteiger partial charge is 0.354 e. The number of hydrogen-bond acceptors (Lipinski definition) is 3. The van der Waals surface area contributed by atoms with E-state index in [1.165, 1.54) is 0 Å². The van der Waals surface area contributed by atoms with Gasteiger partial charge >= 0.3 is 5.97 Å². The molecule has 106 valence electrons. The van der Waals surface area contributed by atoms with Gasteiger partial charge < -0.3 is 9.84 Å². The summed E-state index contributed by atoms with van der Waals surface area (Å²) in [5.74, 6) is 0.272. The summed E-state index contributed by atoms with van der Waals surface area (Å²) in [6.07, 6.45) is 0. The summed E-state index contributed by atoms with van der Waals surface area (Å²) in [6, 6.07) is 7.49. The highest BCUT2D eigenvalue weighted by Crippen LogP contribution is 2.25. The molecule has 0 fully saturated rings. The zero-order valence-electron chi connectivity index (χ0n) is 11.8. The maximum atomic E-state index is 11.0. The first kappa shape index (κ1) is 14.1. The van der Waals surface area contributed by atoms with Crippen molar-refractivity contribution in [1.82, 2.24) is 10.2 Å². The molecule has 0 saturated heterocycles. The van der Waals surface area contributed by atoms with E-state index in [2.05, 4.69) is 24.0 Å². The third kappa shape index (κ3) is 2.99. The molecule has 0 spiro atoms. The maximum absolute atomic E-state index is 11.0. The van der Waals surface area contributed by atoms with Crippen LogP contribution in [0.3, 0.4) is 0 Å². The molecule has 0 aliphatic rings. The minimum absolute atomic E-state index is 0.125. The van der Waals surface area contributed by atoms with Gasteiger partial charge in [0.05, 0.1) is 12.3 Å². The number of nitrogens with zero attached hydrogens (tertiary/aromatic N) is 1. The topological polar surface area (TPSA) is 75.2 Å². The number of carbonyl (C=O) groups is 1. The number of nitrogens with one attached hydrogen (secondary N) is 1. The second-order valence-electron chi connectivity index (χ2n) is 5.11. The van der Waals surface area contributed by atoms with E-state index in [0.717, 1.165) is 11.3 Å². The summed E-state index contributed by atoms with van der Waals surface area (Å²) in [5, 5.41) is 15.6. The van der Waals surface area contributed by atoms with E-state index in [4.69, 9.17) is 9.84 Å². The molecule has 0 aliphatic heterocycles. The van der Waals surface area contributed by atoms with Crippen LogP contribution in [0.5, 0.6) is 5.75 Å². The van der Waals surface area contributed by atoms with Crippen molar-refractivity contribution in [3.63, 3.8) is 0 Å². The fourth-order valence-electron chi connectivity index (χ4n) is 1.86. The van der Waals surface area contributed by atoms with Gasteiger partial charge in [0.25, 0.3) is 0 Å². The highest BCUT2D eigenvalue weighted by Gasteiger charge is 2.15. The van der Waals surface area contributed by atoms with Crippen molar-refractivity contribution in [2.24, 2.45) is 5.92 Å². The van der Waals surface area contributed by atoms with E-state index in [-0.39, 0.29) is 5.69 Å². The molecule has 0 aliphatic carbocycles. The summed E-state index contributed by atoms with van der Waals surface area (Å²) in [5.41, 5.74) is 2.27. The predicted molar refractivity (Wildman–Crippen MR) is 76.1 cm³/mol. The second kappa shape index (κ2) is 5.77. The van der Waals surface area contributed by atoms with Crippen LogP contribution < -0.4 is 4.74 Å². The summed E-state index contributed by atoms with van der Waals surface area (Å²) in [7, 11) is 0. The summed E-state index contributed by atoms with van der Waals surface area (Å²) in [4.78, 5) is 11.0. The van der Waals surface area contributed by atoms with Crippen LogP contribution in [0.1, 0.15) is 29.9 Å². The molecule has 0 amide bonds. The summed E-state index contributed by atoms with van der Waals surface area (Å²) >= 11 is 0. The Bertz CT molecular complexity index is 600. The lowest BCUT2D eigenvalue weighted by Crippen LogP contribution is -2.04. The number of H-pyrrole nitrogens is 1. The second-order valence-corrected chi connectivity index (χ2v) is 5.11. The molecule has 0 radical (unpaired) electrons. The fraction of sp³-hybridized carbons (Fsp3) is 0.333. The van der Waals surface area contributed by atoms with Gasteiger partial charge in [0, 0.05) is 11.1 Å². The van der Waals surface area contributed by atoms with Gasteiger partial charge in [-0.15, -0.1) is 0 Å². The van der Waals surface area contributed by atoms with E-state index >= 15 is 0 Å². The molecule has 0 unspecified atom stereocenters. The zero-order chi connectivity index (χ0) is 14.7. The normalized spacial score (nSPS) is 10.8. The number of hydrogen-bond donors (Lipinski definition) is 2. The van der Waals surface area contributed by atoms with Crippen molar-refractivity contribution in [1.29, 1.82) is 0 Å². The third-order valence-corrected chi connectivity index (χ3v) is 2.93. The van der Waals surface area contributed by atoms with E-state index in [9.17, 15) is 4.79 Å². The standard InChI is InChI=1S/C15H18N2O3/c1-9(2)8-20-12-6-4-11(5-7-12)13-10(3)14(15(18)19)17-16-13/h4-7,9H,8H2,1-3H3,(H,16,17)(H,18,19). The van der Waals surface area contributed by atoms with Crippen LogP contribution in [0, 0.1) is 12.8 Å². The maximum Gasteiger partial charge on any atom is 0.354 e. The number of aromatic carboxylic acids is 1. The van der Waals surface area contributed by atoms with Crippen molar-refractivity contribution in [2.45, 2.75) is 20.8 Å². The van der Waals surface area contributed by atoms with E-state index in [0.29, 0.717) is 23.8 Å². The molecule has 2 aromatic rings. The van der Waals surface area contributed by atoms with Crippen molar-refractivity contribution in [3.05, 3.63) is 35.5 Å². The largest absolute Gasteiger partial charge is 0.493 e. The third-order valence-electron chi connectivity index (χ3n) is 2.93. The number of benzene rings is 1. The predicted octanol–water partition coefficient (Wildman–Crippen LogP) is 3.12. The van der Waals surface area contributed by atoms with Crippen molar-refractivity contribution >= 4 is 5.97 Å². The Balaban J connectivity index is 2.20. The van der Waals surface area contributed by atoms with Crippen LogP contribution in [0.4, 0.5) is 0 Å². The molecule has 5 heteroatoms. The van der Waals surface area contributed by atoms with Gasteiger partial charge in [-0.1, -0.05) is 13.8 Å². The van der Waals surface area contributed by atoms with E-state index < -0.39 is 5.97 Å². The first-order chi connectivity index (χ1) is 9.49. The quantitative estimate of drug-likeness (QED) is 0.878. The molecule has 2 N–H and O–H groups in total. The minimum atomic E-state index is -1.00. The van der Waals surface area contributed by atoms with Crippen LogP contribution in [0.2, 0.25) is 0 Å². The molecule has 2 rings (SSSR count). The number of aromatic nitrogens is 2. The van der Waals surface area contributed by atoms with Crippen LogP contribution >= 0.6 is 0 Å². The summed E-state index contributed by atoms with van der Waals surface area (Å²) < 4.78 is 5.61. The highest BCUT2D eigenvalue weighted by atomic mass is 16.5. The Morgan fingerprint density at radius 3 is 2.50 bits per heavy atom. The first-order valence-electron chi connectivity index (χ1n) is 6.50. The Morgan fingerprint density at radius 2 is 2.00 bits per heavy atom.